The van der Waals surface area contributed by atoms with E-state index in [0.717, 1.165) is 29.8 Å². The van der Waals surface area contributed by atoms with Gasteiger partial charge in [0.25, 0.3) is 5.56 Å². The van der Waals surface area contributed by atoms with Crippen LogP contribution in [0.25, 0.3) is 22.4 Å². The Morgan fingerprint density at radius 1 is 1.06 bits per heavy atom. The summed E-state index contributed by atoms with van der Waals surface area (Å²) in [6, 6.07) is 12.8. The molecular formula is C27H31N5O4. The van der Waals surface area contributed by atoms with Crippen LogP contribution in [0.3, 0.4) is 0 Å². The van der Waals surface area contributed by atoms with Crippen LogP contribution in [0.4, 0.5) is 5.69 Å². The molecule has 0 aliphatic rings. The lowest BCUT2D eigenvalue weighted by Crippen LogP contribution is -2.27. The Kier molecular flexibility index (Phi) is 7.38. The first-order valence-corrected chi connectivity index (χ1v) is 11.9. The number of benzene rings is 2. The van der Waals surface area contributed by atoms with Gasteiger partial charge in [-0.1, -0.05) is 13.3 Å². The summed E-state index contributed by atoms with van der Waals surface area (Å²) in [5.74, 6) is 1.71. The van der Waals surface area contributed by atoms with Crippen molar-refractivity contribution >= 4 is 22.5 Å². The smallest absolute Gasteiger partial charge is 0.280 e. The molecule has 0 fully saturated rings. The third-order valence-electron chi connectivity index (χ3n) is 6.10. The van der Waals surface area contributed by atoms with Gasteiger partial charge in [0, 0.05) is 37.0 Å². The number of carbonyl (C=O) groups is 1. The largest absolute Gasteiger partial charge is 0.493 e. The summed E-state index contributed by atoms with van der Waals surface area (Å²) in [6.07, 6.45) is 1.63. The molecule has 0 spiro atoms. The van der Waals surface area contributed by atoms with Crippen molar-refractivity contribution in [1.29, 1.82) is 0 Å². The molecule has 2 heterocycles. The van der Waals surface area contributed by atoms with Crippen molar-refractivity contribution in [2.45, 2.75) is 33.2 Å². The highest BCUT2D eigenvalue weighted by Crippen LogP contribution is 2.32. The van der Waals surface area contributed by atoms with Gasteiger partial charge in [-0.05, 0) is 55.8 Å². The Morgan fingerprint density at radius 3 is 2.42 bits per heavy atom. The van der Waals surface area contributed by atoms with E-state index in [2.05, 4.69) is 17.3 Å². The molecule has 0 saturated carbocycles. The van der Waals surface area contributed by atoms with Gasteiger partial charge >= 0.3 is 0 Å². The quantitative estimate of drug-likeness (QED) is 0.335. The number of rotatable bonds is 10. The molecule has 4 aromatic rings. The number of fused-ring (bicyclic) bond motifs is 1. The van der Waals surface area contributed by atoms with Crippen LogP contribution in [0, 0.1) is 0 Å². The zero-order valence-electron chi connectivity index (χ0n) is 21.3. The van der Waals surface area contributed by atoms with Crippen LogP contribution in [0.1, 0.15) is 36.3 Å². The number of carbonyl (C=O) groups excluding carboxylic acids is 1. The second-order valence-electron chi connectivity index (χ2n) is 8.54. The van der Waals surface area contributed by atoms with Crippen LogP contribution in [0.15, 0.2) is 47.3 Å². The number of aromatic nitrogens is 4. The fraction of sp³-hybridized carbons (Fsp3) is 0.333. The van der Waals surface area contributed by atoms with E-state index >= 15 is 0 Å². The second-order valence-corrected chi connectivity index (χ2v) is 8.54. The number of hydrogen-bond donors (Lipinski definition) is 1. The van der Waals surface area contributed by atoms with Crippen LogP contribution in [0.5, 0.6) is 11.5 Å². The summed E-state index contributed by atoms with van der Waals surface area (Å²) in [5, 5.41) is 7.91. The molecule has 0 atom stereocenters. The van der Waals surface area contributed by atoms with E-state index in [0.29, 0.717) is 47.0 Å². The minimum atomic E-state index is -0.157. The summed E-state index contributed by atoms with van der Waals surface area (Å²) in [6.45, 7) is 4.46. The molecule has 0 bridgehead atoms. The summed E-state index contributed by atoms with van der Waals surface area (Å²) in [5.41, 5.74) is 4.01. The minimum absolute atomic E-state index is 0.0191. The summed E-state index contributed by atoms with van der Waals surface area (Å²) in [7, 11) is 4.94. The maximum atomic E-state index is 13.7. The fourth-order valence-electron chi connectivity index (χ4n) is 4.26. The van der Waals surface area contributed by atoms with Crippen molar-refractivity contribution in [2.24, 2.45) is 7.05 Å². The molecule has 0 aliphatic heterocycles. The number of aryl methyl sites for hydroxylation is 2. The molecule has 0 radical (unpaired) electrons. The van der Waals surface area contributed by atoms with Crippen molar-refractivity contribution in [3.05, 3.63) is 64.1 Å². The number of hydrogen-bond acceptors (Lipinski definition) is 7. The Labute approximate surface area is 209 Å². The van der Waals surface area contributed by atoms with E-state index in [-0.39, 0.29) is 11.3 Å². The van der Waals surface area contributed by atoms with Gasteiger partial charge in [-0.2, -0.15) is 5.10 Å². The molecule has 0 aliphatic carbocycles. The van der Waals surface area contributed by atoms with Gasteiger partial charge in [0.15, 0.2) is 22.8 Å². The number of anilines is 1. The predicted molar refractivity (Wildman–Crippen MR) is 140 cm³/mol. The Balaban J connectivity index is 1.76. The molecule has 0 saturated heterocycles. The van der Waals surface area contributed by atoms with Gasteiger partial charge in [0.1, 0.15) is 11.3 Å². The first kappa shape index (κ1) is 25.0. The van der Waals surface area contributed by atoms with Gasteiger partial charge in [-0.3, -0.25) is 18.8 Å². The molecule has 9 heteroatoms. The van der Waals surface area contributed by atoms with E-state index in [1.165, 1.54) is 6.92 Å². The van der Waals surface area contributed by atoms with Crippen molar-refractivity contribution in [3.63, 3.8) is 0 Å². The second kappa shape index (κ2) is 10.6. The van der Waals surface area contributed by atoms with Crippen molar-refractivity contribution in [2.75, 3.05) is 26.1 Å². The van der Waals surface area contributed by atoms with Crippen LogP contribution in [0.2, 0.25) is 0 Å². The first-order valence-electron chi connectivity index (χ1n) is 11.9. The molecule has 2 aromatic heterocycles. The average Bonchev–Trinajstić information content (AvgIpc) is 3.20. The lowest BCUT2D eigenvalue weighted by molar-refractivity contribution is 0.101. The van der Waals surface area contributed by atoms with E-state index in [1.807, 2.05) is 24.3 Å². The van der Waals surface area contributed by atoms with Gasteiger partial charge in [-0.25, -0.2) is 4.98 Å². The van der Waals surface area contributed by atoms with E-state index < -0.39 is 0 Å². The molecule has 0 unspecified atom stereocenters. The van der Waals surface area contributed by atoms with Crippen LogP contribution in [-0.4, -0.2) is 45.9 Å². The molecule has 9 nitrogen and oxygen atoms in total. The van der Waals surface area contributed by atoms with Gasteiger partial charge in [0.2, 0.25) is 0 Å². The maximum absolute atomic E-state index is 13.7. The van der Waals surface area contributed by atoms with E-state index in [9.17, 15) is 9.59 Å². The van der Waals surface area contributed by atoms with E-state index in [1.54, 1.807) is 48.7 Å². The van der Waals surface area contributed by atoms with Crippen molar-refractivity contribution in [3.8, 4) is 22.9 Å². The molecule has 1 N–H and O–H groups in total. The summed E-state index contributed by atoms with van der Waals surface area (Å²) >= 11 is 0. The summed E-state index contributed by atoms with van der Waals surface area (Å²) in [4.78, 5) is 30.2. The SMILES string of the molecule is CCCc1nn(C)c2c(=O)n(CCNc3ccc(C(C)=O)cc3)c(-c3ccc(OC)c(OC)c3)nc12. The Bertz CT molecular complexity index is 1450. The molecule has 188 valence electrons. The van der Waals surface area contributed by atoms with E-state index in [4.69, 9.17) is 14.5 Å². The van der Waals surface area contributed by atoms with Crippen LogP contribution in [-0.2, 0) is 20.0 Å². The number of nitrogens with one attached hydrogen (secondary N) is 1. The third kappa shape index (κ3) is 4.82. The minimum Gasteiger partial charge on any atom is -0.493 e. The topological polar surface area (TPSA) is 100 Å². The predicted octanol–water partition coefficient (Wildman–Crippen LogP) is 4.08. The Hall–Kier alpha value is -4.14. The fourth-order valence-corrected chi connectivity index (χ4v) is 4.26. The number of Topliss-reactive ketones (excluding diaryl/α,β-unsaturated/α-hetero) is 1. The van der Waals surface area contributed by atoms with Gasteiger partial charge < -0.3 is 14.8 Å². The normalized spacial score (nSPS) is 11.0. The molecule has 4 rings (SSSR count). The zero-order valence-corrected chi connectivity index (χ0v) is 21.3. The highest BCUT2D eigenvalue weighted by atomic mass is 16.5. The van der Waals surface area contributed by atoms with Crippen LogP contribution < -0.4 is 20.3 Å². The number of ketones is 1. The number of nitrogens with zero attached hydrogens (tertiary/aromatic N) is 4. The maximum Gasteiger partial charge on any atom is 0.280 e. The number of ether oxygens (including phenoxy) is 2. The number of methoxy groups -OCH3 is 2. The van der Waals surface area contributed by atoms with Crippen molar-refractivity contribution in [1.82, 2.24) is 19.3 Å². The molecular weight excluding hydrogens is 458 g/mol. The highest BCUT2D eigenvalue weighted by Gasteiger charge is 2.20. The first-order chi connectivity index (χ1) is 17.4. The van der Waals surface area contributed by atoms with Gasteiger partial charge in [0.05, 0.1) is 19.9 Å². The summed E-state index contributed by atoms with van der Waals surface area (Å²) < 4.78 is 14.2. The average molecular weight is 490 g/mol. The van der Waals surface area contributed by atoms with Gasteiger partial charge in [-0.15, -0.1) is 0 Å². The third-order valence-corrected chi connectivity index (χ3v) is 6.10. The Morgan fingerprint density at radius 2 is 1.78 bits per heavy atom. The zero-order chi connectivity index (χ0) is 25.8. The lowest BCUT2D eigenvalue weighted by atomic mass is 10.1. The molecule has 2 aromatic carbocycles. The van der Waals surface area contributed by atoms with Crippen molar-refractivity contribution < 1.29 is 14.3 Å². The molecule has 0 amide bonds. The standard InChI is InChI=1S/C27H31N5O4/c1-6-7-21-24-25(31(3)30-21)27(34)32(15-14-28-20-11-8-18(9-12-20)17(2)33)26(29-24)19-10-13-22(35-4)23(16-19)36-5/h8-13,16,28H,6-7,14-15H2,1-5H3. The van der Waals surface area contributed by atoms with Crippen LogP contribution >= 0.6 is 0 Å². The highest BCUT2D eigenvalue weighted by molar-refractivity contribution is 5.94. The molecule has 36 heavy (non-hydrogen) atoms. The monoisotopic (exact) mass is 489 g/mol. The lowest BCUT2D eigenvalue weighted by Gasteiger charge is -2.15.